The molecule has 1 unspecified atom stereocenters. The van der Waals surface area contributed by atoms with Crippen molar-refractivity contribution in [3.8, 4) is 0 Å². The third-order valence-corrected chi connectivity index (χ3v) is 2.70. The van der Waals surface area contributed by atoms with Gasteiger partial charge >= 0.3 is 0 Å². The molecule has 1 heterocycles. The summed E-state index contributed by atoms with van der Waals surface area (Å²) in [5.41, 5.74) is 7.85. The number of aryl methyl sites for hydroxylation is 1. The minimum absolute atomic E-state index is 0.216. The van der Waals surface area contributed by atoms with E-state index in [1.807, 2.05) is 37.5 Å². The maximum atomic E-state index is 6.05. The van der Waals surface area contributed by atoms with Crippen LogP contribution in [0, 0.1) is 0 Å². The highest BCUT2D eigenvalue weighted by atomic mass is 79.9. The Morgan fingerprint density at radius 3 is 2.53 bits per heavy atom. The zero-order valence-corrected chi connectivity index (χ0v) is 9.85. The second kappa shape index (κ2) is 4.12. The third-order valence-electron chi connectivity index (χ3n) is 2.17. The number of hydrogen-bond acceptors (Lipinski definition) is 3. The predicted octanol–water partition coefficient (Wildman–Crippen LogP) is 1.63. The van der Waals surface area contributed by atoms with Crippen molar-refractivity contribution in [1.29, 1.82) is 0 Å². The first-order valence-electron chi connectivity index (χ1n) is 4.54. The largest absolute Gasteiger partial charge is 0.319 e. The predicted molar refractivity (Wildman–Crippen MR) is 61.2 cm³/mol. The van der Waals surface area contributed by atoms with E-state index in [0.717, 1.165) is 15.7 Å². The number of benzene rings is 1. The van der Waals surface area contributed by atoms with Crippen molar-refractivity contribution < 1.29 is 0 Å². The van der Waals surface area contributed by atoms with Gasteiger partial charge in [-0.25, -0.2) is 0 Å². The molecule has 2 aromatic rings. The molecule has 5 heteroatoms. The topological polar surface area (TPSA) is 56.7 Å². The van der Waals surface area contributed by atoms with Gasteiger partial charge in [0.15, 0.2) is 0 Å². The first-order valence-corrected chi connectivity index (χ1v) is 5.33. The van der Waals surface area contributed by atoms with Crippen molar-refractivity contribution in [2.75, 3.05) is 0 Å². The molecule has 78 valence electrons. The molecule has 0 saturated carbocycles. The molecule has 0 fully saturated rings. The van der Waals surface area contributed by atoms with E-state index in [0.29, 0.717) is 0 Å². The van der Waals surface area contributed by atoms with Crippen molar-refractivity contribution in [2.45, 2.75) is 6.04 Å². The number of aromatic nitrogens is 3. The van der Waals surface area contributed by atoms with Crippen molar-refractivity contribution in [3.63, 3.8) is 0 Å². The summed E-state index contributed by atoms with van der Waals surface area (Å²) >= 11 is 3.38. The summed E-state index contributed by atoms with van der Waals surface area (Å²) < 4.78 is 2.69. The van der Waals surface area contributed by atoms with E-state index in [1.54, 1.807) is 4.68 Å². The Bertz CT molecular complexity index is 449. The molecule has 0 spiro atoms. The van der Waals surface area contributed by atoms with E-state index in [4.69, 9.17) is 5.73 Å². The average molecular weight is 267 g/mol. The van der Waals surface area contributed by atoms with Crippen LogP contribution < -0.4 is 5.73 Å². The molecule has 2 rings (SSSR count). The van der Waals surface area contributed by atoms with Crippen LogP contribution in [0.1, 0.15) is 17.3 Å². The Labute approximate surface area is 96.2 Å². The Morgan fingerprint density at radius 2 is 2.00 bits per heavy atom. The molecule has 0 radical (unpaired) electrons. The fourth-order valence-electron chi connectivity index (χ4n) is 1.35. The van der Waals surface area contributed by atoms with E-state index in [-0.39, 0.29) is 6.04 Å². The first-order chi connectivity index (χ1) is 7.16. The molecule has 0 saturated heterocycles. The maximum Gasteiger partial charge on any atom is 0.104 e. The van der Waals surface area contributed by atoms with Crippen LogP contribution in [0.25, 0.3) is 0 Å². The second-order valence-corrected chi connectivity index (χ2v) is 4.26. The molecule has 0 aliphatic carbocycles. The van der Waals surface area contributed by atoms with Crippen LogP contribution in [-0.2, 0) is 7.05 Å². The molecule has 1 aromatic carbocycles. The SMILES string of the molecule is Cn1cc(C(N)c2ccc(Br)cc2)nn1. The van der Waals surface area contributed by atoms with Gasteiger partial charge in [0, 0.05) is 11.5 Å². The van der Waals surface area contributed by atoms with E-state index in [9.17, 15) is 0 Å². The van der Waals surface area contributed by atoms with Gasteiger partial charge in [0.25, 0.3) is 0 Å². The van der Waals surface area contributed by atoms with Crippen molar-refractivity contribution in [3.05, 3.63) is 46.2 Å². The molecule has 1 atom stereocenters. The van der Waals surface area contributed by atoms with Crippen molar-refractivity contribution in [2.24, 2.45) is 12.8 Å². The van der Waals surface area contributed by atoms with E-state index >= 15 is 0 Å². The molecule has 2 N–H and O–H groups in total. The summed E-state index contributed by atoms with van der Waals surface area (Å²) in [6.45, 7) is 0. The van der Waals surface area contributed by atoms with Gasteiger partial charge in [0.05, 0.1) is 12.2 Å². The van der Waals surface area contributed by atoms with Crippen molar-refractivity contribution >= 4 is 15.9 Å². The number of nitrogens with two attached hydrogens (primary N) is 1. The van der Waals surface area contributed by atoms with Gasteiger partial charge in [0.1, 0.15) is 5.69 Å². The number of nitrogens with zero attached hydrogens (tertiary/aromatic N) is 3. The van der Waals surface area contributed by atoms with Crippen LogP contribution in [0.2, 0.25) is 0 Å². The van der Waals surface area contributed by atoms with E-state index in [1.165, 1.54) is 0 Å². The number of rotatable bonds is 2. The lowest BCUT2D eigenvalue weighted by Crippen LogP contribution is -2.12. The van der Waals surface area contributed by atoms with Gasteiger partial charge in [-0.05, 0) is 17.7 Å². The molecular formula is C10H11BrN4. The van der Waals surface area contributed by atoms with Gasteiger partial charge in [-0.3, -0.25) is 4.68 Å². The lowest BCUT2D eigenvalue weighted by atomic mass is 10.1. The zero-order valence-electron chi connectivity index (χ0n) is 8.26. The fraction of sp³-hybridized carbons (Fsp3) is 0.200. The molecule has 0 aliphatic rings. The minimum atomic E-state index is -0.216. The first kappa shape index (κ1) is 10.3. The quantitative estimate of drug-likeness (QED) is 0.899. The van der Waals surface area contributed by atoms with Gasteiger partial charge < -0.3 is 5.73 Å². The standard InChI is InChI=1S/C10H11BrN4/c1-15-6-9(13-14-15)10(12)7-2-4-8(11)5-3-7/h2-6,10H,12H2,1H3. The van der Waals surface area contributed by atoms with Crippen LogP contribution in [0.5, 0.6) is 0 Å². The highest BCUT2D eigenvalue weighted by molar-refractivity contribution is 9.10. The van der Waals surface area contributed by atoms with Gasteiger partial charge in [-0.2, -0.15) is 0 Å². The highest BCUT2D eigenvalue weighted by Crippen LogP contribution is 2.19. The summed E-state index contributed by atoms with van der Waals surface area (Å²) in [7, 11) is 1.82. The molecule has 15 heavy (non-hydrogen) atoms. The van der Waals surface area contributed by atoms with Crippen LogP contribution in [0.4, 0.5) is 0 Å². The molecule has 0 aliphatic heterocycles. The maximum absolute atomic E-state index is 6.05. The van der Waals surface area contributed by atoms with E-state index in [2.05, 4.69) is 26.2 Å². The summed E-state index contributed by atoms with van der Waals surface area (Å²) in [5.74, 6) is 0. The molecule has 0 amide bonds. The molecule has 1 aromatic heterocycles. The van der Waals surface area contributed by atoms with Gasteiger partial charge in [-0.15, -0.1) is 5.10 Å². The number of halogens is 1. The Balaban J connectivity index is 2.28. The Kier molecular flexibility index (Phi) is 2.83. The van der Waals surface area contributed by atoms with Crippen molar-refractivity contribution in [1.82, 2.24) is 15.0 Å². The lowest BCUT2D eigenvalue weighted by molar-refractivity contribution is 0.710. The van der Waals surface area contributed by atoms with Crippen LogP contribution in [-0.4, -0.2) is 15.0 Å². The van der Waals surface area contributed by atoms with Gasteiger partial charge in [0.2, 0.25) is 0 Å². The number of hydrogen-bond donors (Lipinski definition) is 1. The lowest BCUT2D eigenvalue weighted by Gasteiger charge is -2.07. The van der Waals surface area contributed by atoms with Gasteiger partial charge in [-0.1, -0.05) is 33.3 Å². The summed E-state index contributed by atoms with van der Waals surface area (Å²) in [6, 6.07) is 7.66. The second-order valence-electron chi connectivity index (χ2n) is 3.35. The third kappa shape index (κ3) is 2.24. The monoisotopic (exact) mass is 266 g/mol. The normalized spacial score (nSPS) is 12.7. The zero-order chi connectivity index (χ0) is 10.8. The minimum Gasteiger partial charge on any atom is -0.319 e. The highest BCUT2D eigenvalue weighted by Gasteiger charge is 2.11. The van der Waals surface area contributed by atoms with Crippen LogP contribution >= 0.6 is 15.9 Å². The molecular weight excluding hydrogens is 256 g/mol. The molecule has 4 nitrogen and oxygen atoms in total. The van der Waals surface area contributed by atoms with Crippen LogP contribution in [0.15, 0.2) is 34.9 Å². The summed E-state index contributed by atoms with van der Waals surface area (Å²) in [6.07, 6.45) is 1.83. The Morgan fingerprint density at radius 1 is 1.33 bits per heavy atom. The average Bonchev–Trinajstić information content (AvgIpc) is 2.65. The summed E-state index contributed by atoms with van der Waals surface area (Å²) in [5, 5.41) is 7.85. The summed E-state index contributed by atoms with van der Waals surface area (Å²) in [4.78, 5) is 0. The van der Waals surface area contributed by atoms with Crippen LogP contribution in [0.3, 0.4) is 0 Å². The Hall–Kier alpha value is -1.20. The van der Waals surface area contributed by atoms with E-state index < -0.39 is 0 Å². The smallest absolute Gasteiger partial charge is 0.104 e. The molecule has 0 bridgehead atoms. The fourth-order valence-corrected chi connectivity index (χ4v) is 1.61.